The zero-order valence-electron chi connectivity index (χ0n) is 16.9. The number of para-hydroxylation sites is 1. The molecule has 0 aliphatic carbocycles. The molecule has 6 nitrogen and oxygen atoms in total. The molecule has 0 spiro atoms. The van der Waals surface area contributed by atoms with E-state index in [1.54, 1.807) is 29.7 Å². The summed E-state index contributed by atoms with van der Waals surface area (Å²) in [6.07, 6.45) is 1.57. The van der Waals surface area contributed by atoms with Gasteiger partial charge >= 0.3 is 5.97 Å². The maximum absolute atomic E-state index is 12.6. The summed E-state index contributed by atoms with van der Waals surface area (Å²) in [6.45, 7) is 0. The van der Waals surface area contributed by atoms with E-state index < -0.39 is 5.97 Å². The number of carbonyl (C=O) groups is 2. The van der Waals surface area contributed by atoms with Crippen molar-refractivity contribution in [2.45, 2.75) is 0 Å². The van der Waals surface area contributed by atoms with E-state index in [0.717, 1.165) is 33.6 Å². The average molecular weight is 475 g/mol. The number of carboxylic acids is 1. The van der Waals surface area contributed by atoms with Gasteiger partial charge in [0, 0.05) is 22.1 Å². The number of halogens is 1. The molecule has 5 rings (SSSR count). The van der Waals surface area contributed by atoms with Gasteiger partial charge in [0.1, 0.15) is 5.75 Å². The molecule has 1 aliphatic heterocycles. The normalized spacial score (nSPS) is 13.7. The standard InChI is InChI=1S/C25H15ClN2O4S/c26-20-11-21-18(19(23(30)28-21)9-15-12-33-24(27-15)25(31)32)10-17(20)14-7-5-13(6-8-14)16-3-1-2-4-22(16)29/h1-12,29H,(H,28,30)(H,31,32)/b19-9-. The number of phenolic OH excluding ortho intramolecular Hbond substituents is 1. The minimum Gasteiger partial charge on any atom is -0.507 e. The smallest absolute Gasteiger partial charge is 0.365 e. The molecule has 0 fully saturated rings. The third-order valence-corrected chi connectivity index (χ3v) is 6.46. The van der Waals surface area contributed by atoms with Crippen LogP contribution in [0.2, 0.25) is 5.02 Å². The SMILES string of the molecule is O=C1Nc2cc(Cl)c(-c3ccc(-c4ccccc4O)cc3)cc2/C1=C/c1csc(C(=O)O)n1. The molecule has 33 heavy (non-hydrogen) atoms. The predicted molar refractivity (Wildman–Crippen MR) is 130 cm³/mol. The predicted octanol–water partition coefficient (Wildman–Crippen LogP) is 6.03. The molecule has 1 amide bonds. The van der Waals surface area contributed by atoms with Gasteiger partial charge in [0.2, 0.25) is 5.01 Å². The number of hydrogen-bond donors (Lipinski definition) is 3. The third kappa shape index (κ3) is 3.88. The highest BCUT2D eigenvalue weighted by Crippen LogP contribution is 2.41. The number of benzene rings is 3. The molecule has 8 heteroatoms. The van der Waals surface area contributed by atoms with Gasteiger partial charge in [0.15, 0.2) is 0 Å². The number of carboxylic acid groups (broad SMARTS) is 1. The van der Waals surface area contributed by atoms with Gasteiger partial charge in [-0.15, -0.1) is 11.3 Å². The van der Waals surface area contributed by atoms with Crippen LogP contribution in [-0.2, 0) is 4.79 Å². The lowest BCUT2D eigenvalue weighted by molar-refractivity contribution is -0.110. The van der Waals surface area contributed by atoms with Crippen molar-refractivity contribution in [2.24, 2.45) is 0 Å². The largest absolute Gasteiger partial charge is 0.507 e. The van der Waals surface area contributed by atoms with Crippen molar-refractivity contribution in [3.05, 3.63) is 87.3 Å². The van der Waals surface area contributed by atoms with Gasteiger partial charge in [-0.1, -0.05) is 54.1 Å². The van der Waals surface area contributed by atoms with Crippen molar-refractivity contribution in [3.8, 4) is 28.0 Å². The molecule has 3 N–H and O–H groups in total. The van der Waals surface area contributed by atoms with Crippen LogP contribution in [0.3, 0.4) is 0 Å². The molecular weight excluding hydrogens is 460 g/mol. The highest BCUT2D eigenvalue weighted by molar-refractivity contribution is 7.11. The molecule has 0 saturated heterocycles. The number of aromatic hydroxyl groups is 1. The van der Waals surface area contributed by atoms with Crippen LogP contribution in [-0.4, -0.2) is 27.1 Å². The summed E-state index contributed by atoms with van der Waals surface area (Å²) < 4.78 is 0. The van der Waals surface area contributed by atoms with E-state index in [9.17, 15) is 14.7 Å². The third-order valence-electron chi connectivity index (χ3n) is 5.30. The topological polar surface area (TPSA) is 99.5 Å². The average Bonchev–Trinajstić information content (AvgIpc) is 3.39. The first-order chi connectivity index (χ1) is 15.9. The highest BCUT2D eigenvalue weighted by Gasteiger charge is 2.26. The second-order valence-corrected chi connectivity index (χ2v) is 8.63. The Hall–Kier alpha value is -3.94. The molecule has 2 heterocycles. The van der Waals surface area contributed by atoms with E-state index >= 15 is 0 Å². The van der Waals surface area contributed by atoms with Crippen molar-refractivity contribution < 1.29 is 19.8 Å². The summed E-state index contributed by atoms with van der Waals surface area (Å²) in [4.78, 5) is 27.7. The minimum absolute atomic E-state index is 0.0400. The van der Waals surface area contributed by atoms with Gasteiger partial charge in [0.25, 0.3) is 5.91 Å². The fourth-order valence-electron chi connectivity index (χ4n) is 3.72. The van der Waals surface area contributed by atoms with E-state index in [2.05, 4.69) is 10.3 Å². The lowest BCUT2D eigenvalue weighted by Gasteiger charge is -2.10. The monoisotopic (exact) mass is 474 g/mol. The molecule has 1 aliphatic rings. The lowest BCUT2D eigenvalue weighted by Crippen LogP contribution is -2.03. The molecule has 0 bridgehead atoms. The molecule has 162 valence electrons. The Bertz CT molecular complexity index is 1460. The van der Waals surface area contributed by atoms with E-state index in [0.29, 0.717) is 27.5 Å². The van der Waals surface area contributed by atoms with E-state index in [1.807, 2.05) is 42.5 Å². The number of aromatic nitrogens is 1. The zero-order chi connectivity index (χ0) is 23.1. The Morgan fingerprint density at radius 3 is 2.36 bits per heavy atom. The highest BCUT2D eigenvalue weighted by atomic mass is 35.5. The molecule has 0 radical (unpaired) electrons. The number of fused-ring (bicyclic) bond motifs is 1. The van der Waals surface area contributed by atoms with Crippen LogP contribution in [0.25, 0.3) is 33.9 Å². The molecule has 0 atom stereocenters. The van der Waals surface area contributed by atoms with E-state index in [-0.39, 0.29) is 16.7 Å². The minimum atomic E-state index is -1.11. The molecule has 3 aromatic carbocycles. The number of hydrogen-bond acceptors (Lipinski definition) is 5. The number of nitrogens with zero attached hydrogens (tertiary/aromatic N) is 1. The van der Waals surface area contributed by atoms with Crippen molar-refractivity contribution in [1.82, 2.24) is 4.98 Å². The summed E-state index contributed by atoms with van der Waals surface area (Å²) in [5.74, 6) is -1.21. The maximum Gasteiger partial charge on any atom is 0.365 e. The van der Waals surface area contributed by atoms with Gasteiger partial charge in [-0.25, -0.2) is 9.78 Å². The first-order valence-electron chi connectivity index (χ1n) is 9.85. The number of amides is 1. The lowest BCUT2D eigenvalue weighted by atomic mass is 9.96. The number of aromatic carboxylic acids is 1. The zero-order valence-corrected chi connectivity index (χ0v) is 18.4. The first kappa shape index (κ1) is 20.9. The van der Waals surface area contributed by atoms with E-state index in [4.69, 9.17) is 16.7 Å². The Labute approximate surface area is 197 Å². The summed E-state index contributed by atoms with van der Waals surface area (Å²) >= 11 is 7.53. The van der Waals surface area contributed by atoms with Crippen molar-refractivity contribution in [1.29, 1.82) is 0 Å². The second kappa shape index (κ2) is 8.20. The number of phenols is 1. The van der Waals surface area contributed by atoms with Crippen LogP contribution in [0.1, 0.15) is 21.1 Å². The van der Waals surface area contributed by atoms with E-state index in [1.165, 1.54) is 0 Å². The van der Waals surface area contributed by atoms with Gasteiger partial charge in [0.05, 0.1) is 22.0 Å². The molecule has 0 unspecified atom stereocenters. The van der Waals surface area contributed by atoms with Crippen LogP contribution in [0.15, 0.2) is 66.0 Å². The summed E-state index contributed by atoms with van der Waals surface area (Å²) in [5.41, 5.74) is 5.22. The number of nitrogens with one attached hydrogen (secondary N) is 1. The van der Waals surface area contributed by atoms with Crippen LogP contribution in [0.5, 0.6) is 5.75 Å². The Morgan fingerprint density at radius 2 is 1.70 bits per heavy atom. The summed E-state index contributed by atoms with van der Waals surface area (Å²) in [6, 6.07) is 18.3. The summed E-state index contributed by atoms with van der Waals surface area (Å²) in [5, 5.41) is 24.0. The number of anilines is 1. The molecule has 0 saturated carbocycles. The molecule has 1 aromatic heterocycles. The van der Waals surface area contributed by atoms with Crippen LogP contribution >= 0.6 is 22.9 Å². The fraction of sp³-hybridized carbons (Fsp3) is 0. The molecule has 4 aromatic rings. The fourth-order valence-corrected chi connectivity index (χ4v) is 4.61. The summed E-state index contributed by atoms with van der Waals surface area (Å²) in [7, 11) is 0. The van der Waals surface area contributed by atoms with Crippen LogP contribution < -0.4 is 5.32 Å². The van der Waals surface area contributed by atoms with Gasteiger partial charge in [-0.2, -0.15) is 0 Å². The van der Waals surface area contributed by atoms with Crippen molar-refractivity contribution in [3.63, 3.8) is 0 Å². The Kier molecular flexibility index (Phi) is 5.20. The molecular formula is C25H15ClN2O4S. The number of thiazole rings is 1. The van der Waals surface area contributed by atoms with Crippen molar-refractivity contribution >= 4 is 52.2 Å². The number of rotatable bonds is 4. The van der Waals surface area contributed by atoms with Crippen LogP contribution in [0.4, 0.5) is 5.69 Å². The Balaban J connectivity index is 1.53. The van der Waals surface area contributed by atoms with Gasteiger partial charge in [-0.05, 0) is 35.4 Å². The second-order valence-electron chi connectivity index (χ2n) is 7.37. The van der Waals surface area contributed by atoms with Gasteiger partial charge in [-0.3, -0.25) is 4.79 Å². The first-order valence-corrected chi connectivity index (χ1v) is 11.1. The van der Waals surface area contributed by atoms with Gasteiger partial charge < -0.3 is 15.5 Å². The quantitative estimate of drug-likeness (QED) is 0.314. The van der Waals surface area contributed by atoms with Crippen LogP contribution in [0, 0.1) is 0 Å². The number of carbonyl (C=O) groups excluding carboxylic acids is 1. The Morgan fingerprint density at radius 1 is 1.00 bits per heavy atom. The maximum atomic E-state index is 12.6. The van der Waals surface area contributed by atoms with Crippen molar-refractivity contribution in [2.75, 3.05) is 5.32 Å².